The maximum Gasteiger partial charge on any atom is 0.252 e. The van der Waals surface area contributed by atoms with E-state index in [1.807, 2.05) is 30.3 Å². The molecular formula is C24H20FN3O3. The van der Waals surface area contributed by atoms with Gasteiger partial charge in [-0.2, -0.15) is 0 Å². The van der Waals surface area contributed by atoms with Crippen LogP contribution in [0.1, 0.15) is 17.0 Å². The quantitative estimate of drug-likeness (QED) is 0.622. The van der Waals surface area contributed by atoms with Gasteiger partial charge in [0.1, 0.15) is 18.3 Å². The van der Waals surface area contributed by atoms with Crippen LogP contribution in [0.25, 0.3) is 0 Å². The lowest BCUT2D eigenvalue weighted by Gasteiger charge is -2.16. The first kappa shape index (κ1) is 20.4. The van der Waals surface area contributed by atoms with Crippen molar-refractivity contribution in [1.29, 1.82) is 0 Å². The molecule has 2 amide bonds. The first-order valence-corrected chi connectivity index (χ1v) is 9.69. The zero-order valence-electron chi connectivity index (χ0n) is 16.7. The molecule has 0 saturated carbocycles. The zero-order chi connectivity index (χ0) is 22.0. The number of carbonyl (C=O) groups is 2. The topological polar surface area (TPSA) is 82.0 Å². The highest BCUT2D eigenvalue weighted by Crippen LogP contribution is 2.36. The number of aliphatic hydroxyl groups is 1. The van der Waals surface area contributed by atoms with Crippen LogP contribution in [0.4, 0.5) is 21.5 Å². The summed E-state index contributed by atoms with van der Waals surface area (Å²) in [5.74, 6) is -1.80. The zero-order valence-corrected chi connectivity index (χ0v) is 16.7. The summed E-state index contributed by atoms with van der Waals surface area (Å²) in [7, 11) is 1.57. The third-order valence-electron chi connectivity index (χ3n) is 5.19. The molecule has 0 spiro atoms. The van der Waals surface area contributed by atoms with Crippen LogP contribution in [0.5, 0.6) is 0 Å². The summed E-state index contributed by atoms with van der Waals surface area (Å²) in [6.45, 7) is -0.578. The Morgan fingerprint density at radius 3 is 2.48 bits per heavy atom. The molecule has 1 heterocycles. The van der Waals surface area contributed by atoms with Crippen molar-refractivity contribution < 1.29 is 19.1 Å². The Kier molecular flexibility index (Phi) is 5.60. The molecule has 1 unspecified atom stereocenters. The summed E-state index contributed by atoms with van der Waals surface area (Å²) >= 11 is 0. The van der Waals surface area contributed by atoms with Crippen molar-refractivity contribution in [3.63, 3.8) is 0 Å². The van der Waals surface area contributed by atoms with Gasteiger partial charge in [-0.15, -0.1) is 0 Å². The van der Waals surface area contributed by atoms with Crippen molar-refractivity contribution >= 4 is 34.6 Å². The molecule has 4 rings (SSSR count). The molecule has 31 heavy (non-hydrogen) atoms. The molecule has 0 saturated heterocycles. The van der Waals surface area contributed by atoms with Crippen molar-refractivity contribution in [3.05, 3.63) is 89.7 Å². The lowest BCUT2D eigenvalue weighted by atomic mass is 9.90. The number of anilines is 2. The van der Waals surface area contributed by atoms with Crippen LogP contribution in [0.15, 0.2) is 77.8 Å². The maximum atomic E-state index is 13.6. The van der Waals surface area contributed by atoms with E-state index in [9.17, 15) is 14.0 Å². The number of hydrogen-bond acceptors (Lipinski definition) is 4. The fraction of sp³-hybridized carbons (Fsp3) is 0.125. The number of nitrogens with one attached hydrogen (secondary N) is 1. The minimum Gasteiger partial charge on any atom is -0.387 e. The predicted octanol–water partition coefficient (Wildman–Crippen LogP) is 3.64. The second-order valence-electron chi connectivity index (χ2n) is 7.14. The molecule has 2 N–H and O–H groups in total. The van der Waals surface area contributed by atoms with Gasteiger partial charge in [0.15, 0.2) is 0 Å². The molecule has 0 aromatic heterocycles. The number of amides is 2. The summed E-state index contributed by atoms with van der Waals surface area (Å²) < 4.78 is 13.6. The Bertz CT molecular complexity index is 1160. The lowest BCUT2D eigenvalue weighted by molar-refractivity contribution is -0.121. The summed E-state index contributed by atoms with van der Waals surface area (Å²) in [6, 6.07) is 20.5. The number of aliphatic imine (C=N–C) groups is 1. The van der Waals surface area contributed by atoms with E-state index in [4.69, 9.17) is 10.1 Å². The first-order valence-electron chi connectivity index (χ1n) is 9.69. The number of rotatable bonds is 5. The molecule has 6 nitrogen and oxygen atoms in total. The van der Waals surface area contributed by atoms with E-state index in [1.54, 1.807) is 37.4 Å². The molecule has 0 bridgehead atoms. The molecule has 0 aliphatic carbocycles. The van der Waals surface area contributed by atoms with Gasteiger partial charge < -0.3 is 15.3 Å². The first-order chi connectivity index (χ1) is 15.0. The fourth-order valence-corrected chi connectivity index (χ4v) is 3.55. The Labute approximate surface area is 178 Å². The Hall–Kier alpha value is -3.84. The molecule has 1 aliphatic heterocycles. The van der Waals surface area contributed by atoms with Crippen molar-refractivity contribution in [2.24, 2.45) is 4.99 Å². The largest absolute Gasteiger partial charge is 0.387 e. The third kappa shape index (κ3) is 4.08. The van der Waals surface area contributed by atoms with E-state index in [0.717, 1.165) is 5.56 Å². The summed E-state index contributed by atoms with van der Waals surface area (Å²) in [5.41, 5.74) is 3.62. The number of nitrogens with zero attached hydrogens (tertiary/aromatic N) is 2. The molecule has 1 atom stereocenters. The minimum absolute atomic E-state index is 0.270. The Balaban J connectivity index is 1.76. The van der Waals surface area contributed by atoms with Crippen LogP contribution in [0.2, 0.25) is 0 Å². The van der Waals surface area contributed by atoms with Gasteiger partial charge >= 0.3 is 0 Å². The molecule has 3 aromatic carbocycles. The van der Waals surface area contributed by atoms with E-state index in [1.165, 1.54) is 17.0 Å². The van der Waals surface area contributed by atoms with Crippen molar-refractivity contribution in [2.75, 3.05) is 23.9 Å². The average molecular weight is 417 g/mol. The predicted molar refractivity (Wildman–Crippen MR) is 117 cm³/mol. The van der Waals surface area contributed by atoms with E-state index in [0.29, 0.717) is 28.3 Å². The number of halogens is 1. The van der Waals surface area contributed by atoms with Gasteiger partial charge in [-0.3, -0.25) is 14.6 Å². The van der Waals surface area contributed by atoms with Gasteiger partial charge in [-0.25, -0.2) is 4.39 Å². The molecule has 156 valence electrons. The van der Waals surface area contributed by atoms with Crippen LogP contribution in [-0.2, 0) is 9.59 Å². The number of carbonyl (C=O) groups excluding carboxylic acids is 2. The molecule has 1 aliphatic rings. The average Bonchev–Trinajstić information content (AvgIpc) is 3.11. The highest BCUT2D eigenvalue weighted by Gasteiger charge is 2.35. The second-order valence-corrected chi connectivity index (χ2v) is 7.14. The van der Waals surface area contributed by atoms with E-state index >= 15 is 0 Å². The van der Waals surface area contributed by atoms with Gasteiger partial charge in [0, 0.05) is 18.4 Å². The number of hydrogen-bond donors (Lipinski definition) is 2. The van der Waals surface area contributed by atoms with E-state index in [-0.39, 0.29) is 5.91 Å². The van der Waals surface area contributed by atoms with Crippen LogP contribution in [0, 0.1) is 5.82 Å². The molecule has 0 fully saturated rings. The van der Waals surface area contributed by atoms with Crippen LogP contribution < -0.4 is 10.2 Å². The minimum atomic E-state index is -0.684. The molecule has 7 heteroatoms. The van der Waals surface area contributed by atoms with Gasteiger partial charge in [0.05, 0.1) is 11.4 Å². The van der Waals surface area contributed by atoms with E-state index in [2.05, 4.69) is 5.32 Å². The molecular weight excluding hydrogens is 397 g/mol. The highest BCUT2D eigenvalue weighted by atomic mass is 19.1. The standard InChI is InChI=1S/C24H20FN3O3/c1-28(21(30)14-29)18-10-8-17(9-11-18)26-23(15-5-3-2-4-6-15)22-19-12-7-16(25)13-20(19)27-24(22)31/h2-13,22,29H,14H2,1H3,(H,27,31). The van der Waals surface area contributed by atoms with Gasteiger partial charge in [0.2, 0.25) is 5.91 Å². The number of aliphatic hydroxyl groups excluding tert-OH is 1. The number of benzene rings is 3. The van der Waals surface area contributed by atoms with Gasteiger partial charge in [-0.1, -0.05) is 36.4 Å². The van der Waals surface area contributed by atoms with Crippen LogP contribution >= 0.6 is 0 Å². The number of likely N-dealkylation sites (N-methyl/N-ethyl adjacent to an activating group) is 1. The smallest absolute Gasteiger partial charge is 0.252 e. The normalized spacial score (nSPS) is 15.4. The van der Waals surface area contributed by atoms with Crippen LogP contribution in [-0.4, -0.2) is 36.3 Å². The Morgan fingerprint density at radius 1 is 1.10 bits per heavy atom. The number of fused-ring (bicyclic) bond motifs is 1. The molecule has 3 aromatic rings. The van der Waals surface area contributed by atoms with Gasteiger partial charge in [0.25, 0.3) is 5.91 Å². The van der Waals surface area contributed by atoms with Crippen molar-refractivity contribution in [2.45, 2.75) is 5.92 Å². The lowest BCUT2D eigenvalue weighted by Crippen LogP contribution is -2.28. The van der Waals surface area contributed by atoms with Crippen molar-refractivity contribution in [3.8, 4) is 0 Å². The SMILES string of the molecule is CN(C(=O)CO)c1ccc(N=C(c2ccccc2)C2C(=O)Nc3cc(F)ccc32)cc1. The van der Waals surface area contributed by atoms with Crippen molar-refractivity contribution in [1.82, 2.24) is 0 Å². The summed E-state index contributed by atoms with van der Waals surface area (Å²) in [5, 5.41) is 11.8. The van der Waals surface area contributed by atoms with Crippen LogP contribution in [0.3, 0.4) is 0 Å². The summed E-state index contributed by atoms with van der Waals surface area (Å²) in [4.78, 5) is 30.6. The van der Waals surface area contributed by atoms with Gasteiger partial charge in [-0.05, 0) is 47.5 Å². The van der Waals surface area contributed by atoms with E-state index < -0.39 is 24.2 Å². The maximum absolute atomic E-state index is 13.6. The third-order valence-corrected chi connectivity index (χ3v) is 5.19. The Morgan fingerprint density at radius 2 is 1.81 bits per heavy atom. The summed E-state index contributed by atoms with van der Waals surface area (Å²) in [6.07, 6.45) is 0. The monoisotopic (exact) mass is 417 g/mol. The fourth-order valence-electron chi connectivity index (χ4n) is 3.55. The molecule has 0 radical (unpaired) electrons. The second kappa shape index (κ2) is 8.49. The highest BCUT2D eigenvalue weighted by molar-refractivity contribution is 6.24.